The summed E-state index contributed by atoms with van der Waals surface area (Å²) in [5, 5.41) is 5.55. The van der Waals surface area contributed by atoms with Crippen molar-refractivity contribution in [2.75, 3.05) is 26.0 Å². The highest BCUT2D eigenvalue weighted by atomic mass is 16.5. The van der Waals surface area contributed by atoms with E-state index in [9.17, 15) is 4.79 Å². The number of carbonyl (C=O) groups excluding carboxylic acids is 1. The number of hydrogen-bond acceptors (Lipinski definition) is 3. The fourth-order valence-corrected chi connectivity index (χ4v) is 1.26. The molecule has 0 spiro atoms. The van der Waals surface area contributed by atoms with Crippen LogP contribution in [0.4, 0.5) is 5.69 Å². The Labute approximate surface area is 89.6 Å². The van der Waals surface area contributed by atoms with Gasteiger partial charge in [0.25, 0.3) is 0 Å². The van der Waals surface area contributed by atoms with Crippen molar-refractivity contribution in [2.45, 2.75) is 6.92 Å². The Hall–Kier alpha value is -1.55. The third kappa shape index (κ3) is 3.25. The molecule has 0 bridgehead atoms. The molecule has 0 aromatic heterocycles. The smallest absolute Gasteiger partial charge is 0.238 e. The summed E-state index contributed by atoms with van der Waals surface area (Å²) in [6, 6.07) is 5.65. The Kier molecular flexibility index (Phi) is 4.12. The van der Waals surface area contributed by atoms with E-state index in [0.29, 0.717) is 11.4 Å². The van der Waals surface area contributed by atoms with Gasteiger partial charge in [0.15, 0.2) is 0 Å². The van der Waals surface area contributed by atoms with Crippen LogP contribution in [-0.4, -0.2) is 26.6 Å². The van der Waals surface area contributed by atoms with E-state index < -0.39 is 0 Å². The second kappa shape index (κ2) is 5.36. The lowest BCUT2D eigenvalue weighted by Gasteiger charge is -2.10. The van der Waals surface area contributed by atoms with Crippen molar-refractivity contribution in [1.82, 2.24) is 5.32 Å². The quantitative estimate of drug-likeness (QED) is 0.780. The number of hydrogen-bond donors (Lipinski definition) is 2. The number of benzene rings is 1. The van der Waals surface area contributed by atoms with Gasteiger partial charge in [0, 0.05) is 0 Å². The molecule has 82 valence electrons. The summed E-state index contributed by atoms with van der Waals surface area (Å²) in [5.74, 6) is 0.596. The fourth-order valence-electron chi connectivity index (χ4n) is 1.26. The Morgan fingerprint density at radius 3 is 2.80 bits per heavy atom. The van der Waals surface area contributed by atoms with Crippen molar-refractivity contribution in [3.05, 3.63) is 23.8 Å². The van der Waals surface area contributed by atoms with E-state index in [1.807, 2.05) is 25.1 Å². The van der Waals surface area contributed by atoms with Gasteiger partial charge in [0.1, 0.15) is 5.75 Å². The Balaban J connectivity index is 2.80. The zero-order valence-electron chi connectivity index (χ0n) is 9.26. The van der Waals surface area contributed by atoms with Gasteiger partial charge >= 0.3 is 0 Å². The lowest BCUT2D eigenvalue weighted by molar-refractivity contribution is -0.115. The minimum atomic E-state index is -0.0837. The molecule has 0 unspecified atom stereocenters. The van der Waals surface area contributed by atoms with E-state index in [2.05, 4.69) is 10.6 Å². The molecule has 0 aliphatic rings. The molecule has 1 aromatic carbocycles. The summed E-state index contributed by atoms with van der Waals surface area (Å²) < 4.78 is 5.17. The number of carbonyl (C=O) groups is 1. The molecular formula is C11H16N2O2. The molecule has 15 heavy (non-hydrogen) atoms. The first-order valence-corrected chi connectivity index (χ1v) is 4.76. The second-order valence-electron chi connectivity index (χ2n) is 3.28. The largest absolute Gasteiger partial charge is 0.495 e. The number of rotatable bonds is 4. The topological polar surface area (TPSA) is 50.4 Å². The van der Waals surface area contributed by atoms with Gasteiger partial charge in [-0.1, -0.05) is 6.07 Å². The zero-order valence-corrected chi connectivity index (χ0v) is 9.26. The summed E-state index contributed by atoms with van der Waals surface area (Å²) >= 11 is 0. The monoisotopic (exact) mass is 208 g/mol. The zero-order chi connectivity index (χ0) is 11.3. The first kappa shape index (κ1) is 11.5. The molecule has 0 heterocycles. The van der Waals surface area contributed by atoms with Gasteiger partial charge in [-0.05, 0) is 31.7 Å². The van der Waals surface area contributed by atoms with Crippen LogP contribution in [0.2, 0.25) is 0 Å². The van der Waals surface area contributed by atoms with Gasteiger partial charge < -0.3 is 15.4 Å². The highest BCUT2D eigenvalue weighted by molar-refractivity contribution is 5.93. The molecular weight excluding hydrogens is 192 g/mol. The molecule has 4 heteroatoms. The Morgan fingerprint density at radius 2 is 2.20 bits per heavy atom. The molecule has 0 aliphatic heterocycles. The molecule has 0 fully saturated rings. The first-order chi connectivity index (χ1) is 7.17. The molecule has 1 rings (SSSR count). The van der Waals surface area contributed by atoms with E-state index in [0.717, 1.165) is 5.56 Å². The van der Waals surface area contributed by atoms with Crippen LogP contribution in [0.5, 0.6) is 5.75 Å². The summed E-state index contributed by atoms with van der Waals surface area (Å²) in [7, 11) is 3.31. The number of methoxy groups -OCH3 is 1. The molecule has 0 saturated carbocycles. The summed E-state index contributed by atoms with van der Waals surface area (Å²) in [6.07, 6.45) is 0. The molecule has 4 nitrogen and oxygen atoms in total. The highest BCUT2D eigenvalue weighted by Gasteiger charge is 2.06. The van der Waals surface area contributed by atoms with Crippen molar-refractivity contribution >= 4 is 11.6 Å². The van der Waals surface area contributed by atoms with Gasteiger partial charge in [0.05, 0.1) is 19.3 Å². The number of amides is 1. The van der Waals surface area contributed by atoms with Gasteiger partial charge in [-0.2, -0.15) is 0 Å². The molecule has 0 aliphatic carbocycles. The van der Waals surface area contributed by atoms with Crippen molar-refractivity contribution in [1.29, 1.82) is 0 Å². The molecule has 0 saturated heterocycles. The number of nitrogens with one attached hydrogen (secondary N) is 2. The van der Waals surface area contributed by atoms with Crippen molar-refractivity contribution in [3.63, 3.8) is 0 Å². The lowest BCUT2D eigenvalue weighted by atomic mass is 10.2. The third-order valence-corrected chi connectivity index (χ3v) is 1.97. The first-order valence-electron chi connectivity index (χ1n) is 4.76. The van der Waals surface area contributed by atoms with Crippen LogP contribution in [0.1, 0.15) is 5.56 Å². The van der Waals surface area contributed by atoms with Crippen molar-refractivity contribution in [3.8, 4) is 5.75 Å². The summed E-state index contributed by atoms with van der Waals surface area (Å²) in [4.78, 5) is 11.3. The standard InChI is InChI=1S/C11H16N2O2/c1-8-4-5-9(10(6-8)15-3)13-11(14)7-12-2/h4-6,12H,7H2,1-3H3,(H,13,14). The summed E-state index contributed by atoms with van der Waals surface area (Å²) in [6.45, 7) is 2.26. The minimum absolute atomic E-state index is 0.0837. The van der Waals surface area contributed by atoms with Gasteiger partial charge in [-0.3, -0.25) is 4.79 Å². The van der Waals surface area contributed by atoms with Crippen molar-refractivity contribution in [2.24, 2.45) is 0 Å². The lowest BCUT2D eigenvalue weighted by Crippen LogP contribution is -2.25. The van der Waals surface area contributed by atoms with E-state index in [-0.39, 0.29) is 12.5 Å². The third-order valence-electron chi connectivity index (χ3n) is 1.97. The Morgan fingerprint density at radius 1 is 1.47 bits per heavy atom. The highest BCUT2D eigenvalue weighted by Crippen LogP contribution is 2.24. The van der Waals surface area contributed by atoms with Crippen LogP contribution in [0, 0.1) is 6.92 Å². The maximum atomic E-state index is 11.3. The second-order valence-corrected chi connectivity index (χ2v) is 3.28. The van der Waals surface area contributed by atoms with Gasteiger partial charge in [-0.25, -0.2) is 0 Å². The maximum absolute atomic E-state index is 11.3. The van der Waals surface area contributed by atoms with Crippen LogP contribution in [0.3, 0.4) is 0 Å². The SMILES string of the molecule is CNCC(=O)Nc1ccc(C)cc1OC. The number of likely N-dealkylation sites (N-methyl/N-ethyl adjacent to an activating group) is 1. The molecule has 2 N–H and O–H groups in total. The average molecular weight is 208 g/mol. The summed E-state index contributed by atoms with van der Waals surface area (Å²) in [5.41, 5.74) is 1.79. The number of ether oxygens (including phenoxy) is 1. The fraction of sp³-hybridized carbons (Fsp3) is 0.364. The molecule has 0 radical (unpaired) electrons. The molecule has 0 atom stereocenters. The number of anilines is 1. The van der Waals surface area contributed by atoms with Crippen LogP contribution >= 0.6 is 0 Å². The minimum Gasteiger partial charge on any atom is -0.495 e. The van der Waals surface area contributed by atoms with Gasteiger partial charge in [0.2, 0.25) is 5.91 Å². The van der Waals surface area contributed by atoms with Crippen molar-refractivity contribution < 1.29 is 9.53 Å². The predicted octanol–water partition coefficient (Wildman–Crippen LogP) is 1.16. The van der Waals surface area contributed by atoms with Crippen LogP contribution in [0.15, 0.2) is 18.2 Å². The van der Waals surface area contributed by atoms with E-state index >= 15 is 0 Å². The van der Waals surface area contributed by atoms with E-state index in [1.54, 1.807) is 14.2 Å². The van der Waals surface area contributed by atoms with Crippen LogP contribution in [0.25, 0.3) is 0 Å². The molecule has 1 amide bonds. The Bertz CT molecular complexity index is 350. The van der Waals surface area contributed by atoms with Gasteiger partial charge in [-0.15, -0.1) is 0 Å². The predicted molar refractivity (Wildman–Crippen MR) is 60.3 cm³/mol. The van der Waals surface area contributed by atoms with E-state index in [1.165, 1.54) is 0 Å². The molecule has 1 aromatic rings. The maximum Gasteiger partial charge on any atom is 0.238 e. The normalized spacial score (nSPS) is 9.80. The van der Waals surface area contributed by atoms with Crippen LogP contribution in [-0.2, 0) is 4.79 Å². The van der Waals surface area contributed by atoms with Crippen LogP contribution < -0.4 is 15.4 Å². The number of aryl methyl sites for hydroxylation is 1. The average Bonchev–Trinajstić information content (AvgIpc) is 2.21. The van der Waals surface area contributed by atoms with E-state index in [4.69, 9.17) is 4.74 Å².